The summed E-state index contributed by atoms with van der Waals surface area (Å²) in [7, 11) is -3.38. The Hall–Kier alpha value is -0.940. The summed E-state index contributed by atoms with van der Waals surface area (Å²) in [5.41, 5.74) is 0.00965. The van der Waals surface area contributed by atoms with Crippen LogP contribution in [0.1, 0.15) is 18.6 Å². The highest BCUT2D eigenvalue weighted by atomic mass is 32.2. The molecule has 0 heterocycles. The van der Waals surface area contributed by atoms with Gasteiger partial charge in [0.25, 0.3) is 0 Å². The van der Waals surface area contributed by atoms with Gasteiger partial charge in [-0.3, -0.25) is 0 Å². The molecule has 0 bridgehead atoms. The normalized spacial score (nSPS) is 16.0. The zero-order valence-corrected chi connectivity index (χ0v) is 9.33. The van der Waals surface area contributed by atoms with Crippen LogP contribution in [-0.4, -0.2) is 25.0 Å². The Balaban J connectivity index is 3.06. The Morgan fingerprint density at radius 2 is 1.87 bits per heavy atom. The van der Waals surface area contributed by atoms with Crippen LogP contribution >= 0.6 is 0 Å². The van der Waals surface area contributed by atoms with E-state index >= 15 is 0 Å². The predicted octanol–water partition coefficient (Wildman–Crippen LogP) is 1.29. The van der Waals surface area contributed by atoms with E-state index < -0.39 is 27.0 Å². The van der Waals surface area contributed by atoms with E-state index in [-0.39, 0.29) is 5.56 Å². The smallest absolute Gasteiger partial charge is 0.152 e. The minimum atomic E-state index is -3.38. The number of hydrogen-bond acceptors (Lipinski definition) is 3. The largest absolute Gasteiger partial charge is 0.387 e. The second kappa shape index (κ2) is 4.28. The second-order valence-electron chi connectivity index (χ2n) is 3.50. The van der Waals surface area contributed by atoms with Gasteiger partial charge in [-0.05, 0) is 13.0 Å². The molecule has 1 aromatic carbocycles. The van der Waals surface area contributed by atoms with Gasteiger partial charge in [-0.2, -0.15) is 0 Å². The monoisotopic (exact) mass is 232 g/mol. The van der Waals surface area contributed by atoms with E-state index in [4.69, 9.17) is 0 Å². The molecule has 5 heteroatoms. The summed E-state index contributed by atoms with van der Waals surface area (Å²) < 4.78 is 35.6. The van der Waals surface area contributed by atoms with Crippen LogP contribution in [0.4, 0.5) is 4.39 Å². The van der Waals surface area contributed by atoms with E-state index in [9.17, 15) is 17.9 Å². The van der Waals surface area contributed by atoms with Gasteiger partial charge in [0.2, 0.25) is 0 Å². The molecule has 0 saturated heterocycles. The second-order valence-corrected chi connectivity index (χ2v) is 5.90. The van der Waals surface area contributed by atoms with Crippen molar-refractivity contribution in [2.45, 2.75) is 18.3 Å². The van der Waals surface area contributed by atoms with Crippen molar-refractivity contribution in [1.82, 2.24) is 0 Å². The van der Waals surface area contributed by atoms with Gasteiger partial charge in [0.05, 0.1) is 11.4 Å². The number of halogens is 1. The van der Waals surface area contributed by atoms with Crippen LogP contribution in [0.3, 0.4) is 0 Å². The van der Waals surface area contributed by atoms with Crippen LogP contribution in [0.25, 0.3) is 0 Å². The van der Waals surface area contributed by atoms with Crippen molar-refractivity contribution < 1.29 is 17.9 Å². The first kappa shape index (κ1) is 12.1. The number of sulfone groups is 1. The van der Waals surface area contributed by atoms with Crippen molar-refractivity contribution in [3.05, 3.63) is 35.6 Å². The maximum Gasteiger partial charge on any atom is 0.152 e. The van der Waals surface area contributed by atoms with Crippen molar-refractivity contribution in [1.29, 1.82) is 0 Å². The van der Waals surface area contributed by atoms with Gasteiger partial charge in [0.1, 0.15) is 5.82 Å². The number of rotatable bonds is 3. The molecule has 0 saturated carbocycles. The summed E-state index contributed by atoms with van der Waals surface area (Å²) in [6.45, 7) is 1.35. The number of benzene rings is 1. The minimum absolute atomic E-state index is 0.00965. The molecule has 1 N–H and O–H groups in total. The van der Waals surface area contributed by atoms with Crippen LogP contribution in [0.5, 0.6) is 0 Å². The van der Waals surface area contributed by atoms with Crippen molar-refractivity contribution in [3.63, 3.8) is 0 Å². The van der Waals surface area contributed by atoms with Crippen LogP contribution in [0, 0.1) is 5.82 Å². The number of aliphatic hydroxyl groups is 1. The summed E-state index contributed by atoms with van der Waals surface area (Å²) in [5.74, 6) is -0.597. The zero-order chi connectivity index (χ0) is 11.6. The summed E-state index contributed by atoms with van der Waals surface area (Å²) in [5, 5.41) is 8.67. The third kappa shape index (κ3) is 2.76. The van der Waals surface area contributed by atoms with Crippen LogP contribution < -0.4 is 0 Å². The molecule has 2 atom stereocenters. The summed E-state index contributed by atoms with van der Waals surface area (Å²) in [6, 6.07) is 5.60. The van der Waals surface area contributed by atoms with Gasteiger partial charge in [-0.15, -0.1) is 0 Å². The van der Waals surface area contributed by atoms with E-state index in [1.165, 1.54) is 25.1 Å². The van der Waals surface area contributed by atoms with E-state index in [2.05, 4.69) is 0 Å². The van der Waals surface area contributed by atoms with E-state index in [1.54, 1.807) is 6.07 Å². The lowest BCUT2D eigenvalue weighted by molar-refractivity contribution is 0.171. The van der Waals surface area contributed by atoms with E-state index in [0.717, 1.165) is 6.26 Å². The lowest BCUT2D eigenvalue weighted by Crippen LogP contribution is -2.24. The average molecular weight is 232 g/mol. The van der Waals surface area contributed by atoms with Crippen molar-refractivity contribution in [2.75, 3.05) is 6.26 Å². The Bertz CT molecular complexity index is 442. The van der Waals surface area contributed by atoms with Crippen molar-refractivity contribution >= 4 is 9.84 Å². The summed E-state index contributed by atoms with van der Waals surface area (Å²) in [4.78, 5) is 0. The van der Waals surface area contributed by atoms with Crippen LogP contribution in [-0.2, 0) is 9.84 Å². The first-order chi connectivity index (χ1) is 6.84. The topological polar surface area (TPSA) is 54.4 Å². The summed E-state index contributed by atoms with van der Waals surface area (Å²) >= 11 is 0. The van der Waals surface area contributed by atoms with Crippen LogP contribution in [0.2, 0.25) is 0 Å². The zero-order valence-electron chi connectivity index (χ0n) is 8.51. The number of aliphatic hydroxyl groups excluding tert-OH is 1. The van der Waals surface area contributed by atoms with Crippen LogP contribution in [0.15, 0.2) is 24.3 Å². The fourth-order valence-corrected chi connectivity index (χ4v) is 1.82. The minimum Gasteiger partial charge on any atom is -0.387 e. The van der Waals surface area contributed by atoms with E-state index in [0.29, 0.717) is 0 Å². The molecule has 0 radical (unpaired) electrons. The molecule has 0 unspecified atom stereocenters. The van der Waals surface area contributed by atoms with Gasteiger partial charge in [-0.25, -0.2) is 12.8 Å². The highest BCUT2D eigenvalue weighted by Gasteiger charge is 2.27. The predicted molar refractivity (Wildman–Crippen MR) is 55.7 cm³/mol. The van der Waals surface area contributed by atoms with Gasteiger partial charge in [0, 0.05) is 11.8 Å². The van der Waals surface area contributed by atoms with Crippen molar-refractivity contribution in [3.8, 4) is 0 Å². The molecule has 0 aliphatic carbocycles. The molecule has 84 valence electrons. The highest BCUT2D eigenvalue weighted by molar-refractivity contribution is 7.91. The number of hydrogen-bond donors (Lipinski definition) is 1. The lowest BCUT2D eigenvalue weighted by atomic mass is 10.1. The Morgan fingerprint density at radius 1 is 1.33 bits per heavy atom. The standard InChI is InChI=1S/C10H13FO3S/c1-7(15(2,13)14)10(12)8-5-3-4-6-9(8)11/h3-7,10,12H,1-2H3/t7-,10-/m0/s1. The van der Waals surface area contributed by atoms with Gasteiger partial charge >= 0.3 is 0 Å². The Labute approximate surface area is 88.5 Å². The quantitative estimate of drug-likeness (QED) is 0.854. The molecule has 1 aromatic rings. The van der Waals surface area contributed by atoms with Gasteiger partial charge in [-0.1, -0.05) is 18.2 Å². The van der Waals surface area contributed by atoms with Gasteiger partial charge in [0.15, 0.2) is 9.84 Å². The molecular weight excluding hydrogens is 219 g/mol. The molecule has 1 rings (SSSR count). The molecule has 0 aromatic heterocycles. The fraction of sp³-hybridized carbons (Fsp3) is 0.400. The third-order valence-electron chi connectivity index (χ3n) is 2.34. The molecule has 0 spiro atoms. The molecule has 0 amide bonds. The maximum absolute atomic E-state index is 13.2. The first-order valence-corrected chi connectivity index (χ1v) is 6.41. The lowest BCUT2D eigenvalue weighted by Gasteiger charge is -2.17. The molecule has 0 fully saturated rings. The molecule has 0 aliphatic heterocycles. The van der Waals surface area contributed by atoms with Gasteiger partial charge < -0.3 is 5.11 Å². The third-order valence-corrected chi connectivity index (χ3v) is 3.95. The maximum atomic E-state index is 13.2. The Morgan fingerprint density at radius 3 is 2.33 bits per heavy atom. The first-order valence-electron chi connectivity index (χ1n) is 4.45. The van der Waals surface area contributed by atoms with Crippen molar-refractivity contribution in [2.24, 2.45) is 0 Å². The Kier molecular flexibility index (Phi) is 3.46. The molecular formula is C10H13FO3S. The SMILES string of the molecule is C[C@@H]([C@H](O)c1ccccc1F)S(C)(=O)=O. The molecule has 0 aliphatic rings. The average Bonchev–Trinajstić information content (AvgIpc) is 2.15. The molecule has 15 heavy (non-hydrogen) atoms. The van der Waals surface area contributed by atoms with E-state index in [1.807, 2.05) is 0 Å². The summed E-state index contributed by atoms with van der Waals surface area (Å²) in [6.07, 6.45) is -0.317. The molecule has 3 nitrogen and oxygen atoms in total. The fourth-order valence-electron chi connectivity index (χ4n) is 1.20. The highest BCUT2D eigenvalue weighted by Crippen LogP contribution is 2.23.